The molecule has 9 heteroatoms. The number of aryl methyl sites for hydroxylation is 1. The van der Waals surface area contributed by atoms with Crippen LogP contribution in [0.5, 0.6) is 5.88 Å². The molecule has 1 aliphatic heterocycles. The minimum absolute atomic E-state index is 0.00251. The Morgan fingerprint density at radius 3 is 3.12 bits per heavy atom. The predicted octanol–water partition coefficient (Wildman–Crippen LogP) is 2.03. The second kappa shape index (κ2) is 7.65. The third-order valence-corrected chi connectivity index (χ3v) is 4.74. The van der Waals surface area contributed by atoms with E-state index in [4.69, 9.17) is 13.9 Å². The number of fused-ring (bicyclic) bond motifs is 1. The molecular formula is C17H21N5O3S. The molecule has 0 saturated carbocycles. The maximum absolute atomic E-state index is 6.02. The van der Waals surface area contributed by atoms with Gasteiger partial charge >= 0.3 is 0 Å². The Hall–Kier alpha value is -2.10. The van der Waals surface area contributed by atoms with Gasteiger partial charge in [-0.25, -0.2) is 4.98 Å². The highest BCUT2D eigenvalue weighted by Gasteiger charge is 2.22. The SMILES string of the molecule is CSc1nc2nc(C)cc(OCC3CN(Cc4ccoc4)CCO3)n2n1. The number of thioether (sulfide) groups is 1. The molecule has 0 spiro atoms. The van der Waals surface area contributed by atoms with Gasteiger partial charge in [-0.2, -0.15) is 9.50 Å². The lowest BCUT2D eigenvalue weighted by molar-refractivity contribution is -0.0513. The van der Waals surface area contributed by atoms with Crippen LogP contribution in [0.25, 0.3) is 5.78 Å². The predicted molar refractivity (Wildman–Crippen MR) is 96.5 cm³/mol. The van der Waals surface area contributed by atoms with Crippen LogP contribution in [-0.2, 0) is 11.3 Å². The van der Waals surface area contributed by atoms with E-state index in [0.29, 0.717) is 30.0 Å². The van der Waals surface area contributed by atoms with Crippen molar-refractivity contribution in [2.75, 3.05) is 32.6 Å². The number of ether oxygens (including phenoxy) is 2. The van der Waals surface area contributed by atoms with E-state index in [1.807, 2.05) is 25.3 Å². The average molecular weight is 375 g/mol. The summed E-state index contributed by atoms with van der Waals surface area (Å²) in [6.07, 6.45) is 5.43. The van der Waals surface area contributed by atoms with Crippen molar-refractivity contribution < 1.29 is 13.9 Å². The van der Waals surface area contributed by atoms with Crippen molar-refractivity contribution in [1.82, 2.24) is 24.5 Å². The Balaban J connectivity index is 1.42. The van der Waals surface area contributed by atoms with Crippen molar-refractivity contribution in [2.24, 2.45) is 0 Å². The normalized spacial score (nSPS) is 18.5. The lowest BCUT2D eigenvalue weighted by atomic mass is 10.2. The number of morpholine rings is 1. The van der Waals surface area contributed by atoms with E-state index in [-0.39, 0.29) is 6.10 Å². The highest BCUT2D eigenvalue weighted by atomic mass is 32.2. The number of nitrogens with zero attached hydrogens (tertiary/aromatic N) is 5. The standard InChI is InChI=1S/C17H21N5O3S/c1-12-7-15(22-16(18-12)19-17(20-22)26-2)25-11-14-9-21(4-6-24-14)8-13-3-5-23-10-13/h3,5,7,10,14H,4,6,8-9,11H2,1-2H3. The van der Waals surface area contributed by atoms with Crippen LogP contribution >= 0.6 is 11.8 Å². The Morgan fingerprint density at radius 1 is 1.38 bits per heavy atom. The molecule has 0 radical (unpaired) electrons. The topological polar surface area (TPSA) is 77.9 Å². The van der Waals surface area contributed by atoms with Crippen LogP contribution < -0.4 is 4.74 Å². The molecule has 0 aliphatic carbocycles. The molecule has 3 aromatic heterocycles. The van der Waals surface area contributed by atoms with Crippen molar-refractivity contribution in [2.45, 2.75) is 24.7 Å². The molecule has 1 fully saturated rings. The smallest absolute Gasteiger partial charge is 0.256 e. The number of hydrogen-bond acceptors (Lipinski definition) is 8. The largest absolute Gasteiger partial charge is 0.475 e. The van der Waals surface area contributed by atoms with Crippen LogP contribution in [0.3, 0.4) is 0 Å². The molecule has 138 valence electrons. The molecule has 1 unspecified atom stereocenters. The van der Waals surface area contributed by atoms with Gasteiger partial charge in [0.1, 0.15) is 12.7 Å². The van der Waals surface area contributed by atoms with Gasteiger partial charge in [-0.1, -0.05) is 11.8 Å². The van der Waals surface area contributed by atoms with Crippen LogP contribution in [-0.4, -0.2) is 63.1 Å². The van der Waals surface area contributed by atoms with Crippen LogP contribution in [0.2, 0.25) is 0 Å². The molecule has 0 amide bonds. The summed E-state index contributed by atoms with van der Waals surface area (Å²) >= 11 is 1.48. The van der Waals surface area contributed by atoms with Crippen molar-refractivity contribution in [3.8, 4) is 5.88 Å². The summed E-state index contributed by atoms with van der Waals surface area (Å²) in [7, 11) is 0. The maximum Gasteiger partial charge on any atom is 0.256 e. The van der Waals surface area contributed by atoms with Crippen LogP contribution in [0.4, 0.5) is 0 Å². The summed E-state index contributed by atoms with van der Waals surface area (Å²) in [6.45, 7) is 5.64. The fourth-order valence-corrected chi connectivity index (χ4v) is 3.31. The van der Waals surface area contributed by atoms with E-state index in [1.165, 1.54) is 17.3 Å². The van der Waals surface area contributed by atoms with Crippen LogP contribution in [0.1, 0.15) is 11.3 Å². The van der Waals surface area contributed by atoms with Gasteiger partial charge in [0, 0.05) is 37.0 Å². The second-order valence-corrected chi connectivity index (χ2v) is 6.99. The Labute approximate surface area is 155 Å². The fourth-order valence-electron chi connectivity index (χ4n) is 2.97. The first-order chi connectivity index (χ1) is 12.7. The van der Waals surface area contributed by atoms with Gasteiger partial charge in [-0.05, 0) is 19.2 Å². The van der Waals surface area contributed by atoms with Gasteiger partial charge in [-0.15, -0.1) is 5.10 Å². The average Bonchev–Trinajstić information content (AvgIpc) is 3.29. The summed E-state index contributed by atoms with van der Waals surface area (Å²) in [4.78, 5) is 11.1. The van der Waals surface area contributed by atoms with Gasteiger partial charge in [0.2, 0.25) is 11.0 Å². The van der Waals surface area contributed by atoms with Gasteiger partial charge in [0.25, 0.3) is 5.78 Å². The summed E-state index contributed by atoms with van der Waals surface area (Å²) < 4.78 is 18.7. The molecule has 1 saturated heterocycles. The van der Waals surface area contributed by atoms with Crippen LogP contribution in [0.15, 0.2) is 34.2 Å². The summed E-state index contributed by atoms with van der Waals surface area (Å²) in [6, 6.07) is 3.86. The number of aromatic nitrogens is 4. The molecule has 8 nitrogen and oxygen atoms in total. The summed E-state index contributed by atoms with van der Waals surface area (Å²) in [5.41, 5.74) is 2.02. The summed E-state index contributed by atoms with van der Waals surface area (Å²) in [5.74, 6) is 1.19. The molecule has 0 aromatic carbocycles. The Kier molecular flexibility index (Phi) is 5.09. The van der Waals surface area contributed by atoms with Gasteiger partial charge in [0.05, 0.1) is 19.1 Å². The monoisotopic (exact) mass is 375 g/mol. The minimum Gasteiger partial charge on any atom is -0.475 e. The van der Waals surface area contributed by atoms with Gasteiger partial charge in [0.15, 0.2) is 0 Å². The lowest BCUT2D eigenvalue weighted by Gasteiger charge is -2.32. The van der Waals surface area contributed by atoms with E-state index in [9.17, 15) is 0 Å². The summed E-state index contributed by atoms with van der Waals surface area (Å²) in [5, 5.41) is 5.09. The van der Waals surface area contributed by atoms with Crippen molar-refractivity contribution in [3.05, 3.63) is 35.9 Å². The van der Waals surface area contributed by atoms with E-state index < -0.39 is 0 Å². The van der Waals surface area contributed by atoms with Crippen molar-refractivity contribution in [3.63, 3.8) is 0 Å². The van der Waals surface area contributed by atoms with Crippen molar-refractivity contribution >= 4 is 17.5 Å². The molecular weight excluding hydrogens is 354 g/mol. The van der Waals surface area contributed by atoms with Gasteiger partial charge < -0.3 is 13.9 Å². The molecule has 26 heavy (non-hydrogen) atoms. The van der Waals surface area contributed by atoms with Crippen LogP contribution in [0, 0.1) is 6.92 Å². The zero-order valence-corrected chi connectivity index (χ0v) is 15.6. The second-order valence-electron chi connectivity index (χ2n) is 6.22. The van der Waals surface area contributed by atoms with E-state index >= 15 is 0 Å². The fraction of sp³-hybridized carbons (Fsp3) is 0.471. The first-order valence-corrected chi connectivity index (χ1v) is 9.70. The molecule has 4 heterocycles. The molecule has 0 bridgehead atoms. The zero-order valence-electron chi connectivity index (χ0n) is 14.8. The Bertz CT molecular complexity index is 867. The molecule has 4 rings (SSSR count). The van der Waals surface area contributed by atoms with E-state index in [0.717, 1.165) is 25.3 Å². The molecule has 3 aromatic rings. The molecule has 0 N–H and O–H groups in total. The highest BCUT2D eigenvalue weighted by molar-refractivity contribution is 7.98. The maximum atomic E-state index is 6.02. The number of hydrogen-bond donors (Lipinski definition) is 0. The van der Waals surface area contributed by atoms with E-state index in [1.54, 1.807) is 17.0 Å². The first kappa shape index (κ1) is 17.3. The Morgan fingerprint density at radius 2 is 2.31 bits per heavy atom. The molecule has 1 atom stereocenters. The van der Waals surface area contributed by atoms with Gasteiger partial charge in [-0.3, -0.25) is 4.90 Å². The zero-order chi connectivity index (χ0) is 17.9. The third-order valence-electron chi connectivity index (χ3n) is 4.20. The number of furan rings is 1. The highest BCUT2D eigenvalue weighted by Crippen LogP contribution is 2.18. The lowest BCUT2D eigenvalue weighted by Crippen LogP contribution is -2.44. The quantitative estimate of drug-likeness (QED) is 0.606. The molecule has 1 aliphatic rings. The number of rotatable bonds is 6. The van der Waals surface area contributed by atoms with E-state index in [2.05, 4.69) is 20.0 Å². The third kappa shape index (κ3) is 3.84. The first-order valence-electron chi connectivity index (χ1n) is 8.47. The minimum atomic E-state index is 0.00251. The van der Waals surface area contributed by atoms with Crippen molar-refractivity contribution in [1.29, 1.82) is 0 Å².